The van der Waals surface area contributed by atoms with Gasteiger partial charge in [-0.15, -0.1) is 0 Å². The summed E-state index contributed by atoms with van der Waals surface area (Å²) in [5.74, 6) is -3.16. The Morgan fingerprint density at radius 3 is 2.41 bits per heavy atom. The standard InChI is InChI=1S/C19H19N7O6.H3N.H2O/c20-19-25-15-14(17(30)26-19)23-11(8-22-15)7-21-10-3-1-9(2-4-10)16(29)24-12(18(31)32)5-6-13(27)28;;/h1-4,8,12,21H,5-7H2,(H,24,29)(H,27,28)(H,31,32)(H3,20,22,25,26,30);1H3;1H2/t12-;;/m0../s1. The number of rotatable bonds is 9. The zero-order valence-corrected chi connectivity index (χ0v) is 17.7. The van der Waals surface area contributed by atoms with Crippen LogP contribution in [0.2, 0.25) is 0 Å². The van der Waals surface area contributed by atoms with E-state index in [1.54, 1.807) is 12.1 Å². The van der Waals surface area contributed by atoms with Crippen LogP contribution < -0.4 is 28.1 Å². The van der Waals surface area contributed by atoms with Gasteiger partial charge in [-0.05, 0) is 30.7 Å². The number of carboxylic acids is 2. The number of H-pyrrole nitrogens is 1. The normalized spacial score (nSPS) is 10.9. The lowest BCUT2D eigenvalue weighted by atomic mass is 10.1. The molecule has 15 heteroatoms. The highest BCUT2D eigenvalue weighted by molar-refractivity contribution is 5.96. The number of aromatic amines is 1. The predicted octanol–water partition coefficient (Wildman–Crippen LogP) is -0.707. The largest absolute Gasteiger partial charge is 0.481 e. The quantitative estimate of drug-likeness (QED) is 0.202. The van der Waals surface area contributed by atoms with Gasteiger partial charge in [-0.3, -0.25) is 14.4 Å². The fraction of sp³-hybridized carbons (Fsp3) is 0.211. The van der Waals surface area contributed by atoms with Crippen LogP contribution in [0.3, 0.4) is 0 Å². The Labute approximate surface area is 191 Å². The SMILES string of the molecule is N.Nc1nc(=O)c2nc(CNc3ccc(C(=O)N[C@@H](CCC(=O)O)C(=O)O)cc3)cnc2[nH]1.O. The van der Waals surface area contributed by atoms with Crippen LogP contribution in [0.5, 0.6) is 0 Å². The molecular formula is C19H24N8O7. The number of carboxylic acid groups (broad SMARTS) is 2. The number of carbonyl (C=O) groups excluding carboxylic acids is 1. The van der Waals surface area contributed by atoms with E-state index in [2.05, 4.69) is 30.6 Å². The first kappa shape index (κ1) is 27.4. The topological polar surface area (TPSA) is 280 Å². The van der Waals surface area contributed by atoms with E-state index in [9.17, 15) is 19.2 Å². The number of carbonyl (C=O) groups is 3. The van der Waals surface area contributed by atoms with E-state index in [1.807, 2.05) is 0 Å². The van der Waals surface area contributed by atoms with E-state index in [4.69, 9.17) is 15.9 Å². The number of aliphatic carboxylic acids is 2. The van der Waals surface area contributed by atoms with Crippen LogP contribution in [-0.4, -0.2) is 59.5 Å². The van der Waals surface area contributed by atoms with Gasteiger partial charge in [-0.1, -0.05) is 0 Å². The molecule has 0 spiro atoms. The monoisotopic (exact) mass is 476 g/mol. The van der Waals surface area contributed by atoms with Crippen LogP contribution in [0.4, 0.5) is 11.6 Å². The number of anilines is 2. The molecule has 0 saturated heterocycles. The molecule has 2 heterocycles. The lowest BCUT2D eigenvalue weighted by Gasteiger charge is -2.14. The summed E-state index contributed by atoms with van der Waals surface area (Å²) in [6.07, 6.45) is 0.858. The van der Waals surface area contributed by atoms with E-state index in [0.717, 1.165) is 0 Å². The molecule has 0 unspecified atom stereocenters. The molecule has 3 aromatic rings. The van der Waals surface area contributed by atoms with Crippen molar-refractivity contribution >= 4 is 40.6 Å². The molecular weight excluding hydrogens is 452 g/mol. The van der Waals surface area contributed by atoms with Gasteiger partial charge < -0.3 is 43.2 Å². The lowest BCUT2D eigenvalue weighted by molar-refractivity contribution is -0.140. The van der Waals surface area contributed by atoms with E-state index in [-0.39, 0.29) is 53.7 Å². The minimum absolute atomic E-state index is 0. The molecule has 0 fully saturated rings. The maximum absolute atomic E-state index is 12.3. The van der Waals surface area contributed by atoms with Crippen LogP contribution in [-0.2, 0) is 16.1 Å². The molecule has 1 amide bonds. The van der Waals surface area contributed by atoms with Gasteiger partial charge in [0.25, 0.3) is 5.91 Å². The fourth-order valence-electron chi connectivity index (χ4n) is 2.76. The number of benzene rings is 1. The number of nitrogens with zero attached hydrogens (tertiary/aromatic N) is 3. The van der Waals surface area contributed by atoms with E-state index >= 15 is 0 Å². The number of hydrogen-bond acceptors (Lipinski definition) is 10. The molecule has 1 atom stereocenters. The molecule has 0 bridgehead atoms. The third-order valence-corrected chi connectivity index (χ3v) is 4.36. The first-order valence-electron chi connectivity index (χ1n) is 9.33. The Kier molecular flexibility index (Phi) is 9.54. The summed E-state index contributed by atoms with van der Waals surface area (Å²) in [5, 5.41) is 23.2. The van der Waals surface area contributed by atoms with Crippen molar-refractivity contribution in [3.63, 3.8) is 0 Å². The van der Waals surface area contributed by atoms with Crippen molar-refractivity contribution in [3.8, 4) is 0 Å². The summed E-state index contributed by atoms with van der Waals surface area (Å²) in [6, 6.07) is 4.86. The maximum Gasteiger partial charge on any atom is 0.326 e. The molecule has 0 aliphatic rings. The molecule has 15 nitrogen and oxygen atoms in total. The van der Waals surface area contributed by atoms with Crippen molar-refractivity contribution < 1.29 is 30.1 Å². The molecule has 2 aromatic heterocycles. The minimum atomic E-state index is -1.31. The lowest BCUT2D eigenvalue weighted by Crippen LogP contribution is -2.41. The second-order valence-corrected chi connectivity index (χ2v) is 6.71. The van der Waals surface area contributed by atoms with E-state index in [0.29, 0.717) is 11.4 Å². The van der Waals surface area contributed by atoms with Crippen molar-refractivity contribution in [2.75, 3.05) is 11.1 Å². The number of amides is 1. The summed E-state index contributed by atoms with van der Waals surface area (Å²) in [6.45, 7) is 0.231. The summed E-state index contributed by atoms with van der Waals surface area (Å²) in [5.41, 5.74) is 6.47. The highest BCUT2D eigenvalue weighted by Crippen LogP contribution is 2.12. The second-order valence-electron chi connectivity index (χ2n) is 6.71. The first-order chi connectivity index (χ1) is 15.2. The number of aromatic nitrogens is 4. The van der Waals surface area contributed by atoms with Crippen LogP contribution in [0.25, 0.3) is 11.2 Å². The van der Waals surface area contributed by atoms with Crippen LogP contribution in [0.1, 0.15) is 28.9 Å². The fourth-order valence-corrected chi connectivity index (χ4v) is 2.76. The van der Waals surface area contributed by atoms with Crippen molar-refractivity contribution in [3.05, 3.63) is 52.1 Å². The van der Waals surface area contributed by atoms with Gasteiger partial charge in [0.15, 0.2) is 11.2 Å². The van der Waals surface area contributed by atoms with Crippen LogP contribution in [0, 0.1) is 0 Å². The van der Waals surface area contributed by atoms with Gasteiger partial charge in [0.2, 0.25) is 5.95 Å². The van der Waals surface area contributed by atoms with Gasteiger partial charge >= 0.3 is 17.5 Å². The Balaban J connectivity index is 0.00000289. The summed E-state index contributed by atoms with van der Waals surface area (Å²) in [4.78, 5) is 60.5. The Bertz CT molecular complexity index is 1230. The molecule has 0 aliphatic carbocycles. The molecule has 0 radical (unpaired) electrons. The smallest absolute Gasteiger partial charge is 0.326 e. The average molecular weight is 476 g/mol. The maximum atomic E-state index is 12.3. The van der Waals surface area contributed by atoms with Gasteiger partial charge in [0.05, 0.1) is 18.4 Å². The van der Waals surface area contributed by atoms with E-state index in [1.165, 1.54) is 18.3 Å². The van der Waals surface area contributed by atoms with Gasteiger partial charge in [-0.25, -0.2) is 14.8 Å². The summed E-state index contributed by atoms with van der Waals surface area (Å²) >= 11 is 0. The third kappa shape index (κ3) is 6.94. The minimum Gasteiger partial charge on any atom is -0.481 e. The predicted molar refractivity (Wildman–Crippen MR) is 121 cm³/mol. The molecule has 182 valence electrons. The van der Waals surface area contributed by atoms with Crippen molar-refractivity contribution in [1.29, 1.82) is 0 Å². The average Bonchev–Trinajstić information content (AvgIpc) is 2.75. The molecule has 12 N–H and O–H groups in total. The highest BCUT2D eigenvalue weighted by Gasteiger charge is 2.21. The van der Waals surface area contributed by atoms with E-state index < -0.39 is 29.4 Å². The van der Waals surface area contributed by atoms with Crippen LogP contribution >= 0.6 is 0 Å². The summed E-state index contributed by atoms with van der Waals surface area (Å²) < 4.78 is 0. The molecule has 0 saturated carbocycles. The zero-order chi connectivity index (χ0) is 23.3. The molecule has 34 heavy (non-hydrogen) atoms. The van der Waals surface area contributed by atoms with Crippen molar-refractivity contribution in [2.45, 2.75) is 25.4 Å². The second kappa shape index (κ2) is 11.8. The Morgan fingerprint density at radius 1 is 1.12 bits per heavy atom. The number of nitrogens with one attached hydrogen (secondary N) is 3. The van der Waals surface area contributed by atoms with Crippen molar-refractivity contribution in [1.82, 2.24) is 31.4 Å². The molecule has 0 aliphatic heterocycles. The first-order valence-corrected chi connectivity index (χ1v) is 9.33. The molecule has 3 rings (SSSR count). The number of hydrogen-bond donors (Lipinski definition) is 7. The Morgan fingerprint density at radius 2 is 1.79 bits per heavy atom. The van der Waals surface area contributed by atoms with Gasteiger partial charge in [-0.2, -0.15) is 4.98 Å². The molecule has 1 aromatic carbocycles. The Hall–Kier alpha value is -4.63. The van der Waals surface area contributed by atoms with Crippen molar-refractivity contribution in [2.24, 2.45) is 0 Å². The third-order valence-electron chi connectivity index (χ3n) is 4.36. The van der Waals surface area contributed by atoms with Gasteiger partial charge in [0.1, 0.15) is 6.04 Å². The zero-order valence-electron chi connectivity index (χ0n) is 17.7. The number of nitrogens with two attached hydrogens (primary N) is 1. The number of nitrogen functional groups attached to an aromatic ring is 1. The summed E-state index contributed by atoms with van der Waals surface area (Å²) in [7, 11) is 0. The van der Waals surface area contributed by atoms with Crippen LogP contribution in [0.15, 0.2) is 35.3 Å². The number of fused-ring (bicyclic) bond motifs is 1. The highest BCUT2D eigenvalue weighted by atomic mass is 16.4. The van der Waals surface area contributed by atoms with Gasteiger partial charge in [0, 0.05) is 17.7 Å².